The second kappa shape index (κ2) is 17.4. The smallest absolute Gasteiger partial charge is 0.160 e. The molecule has 0 N–H and O–H groups in total. The monoisotopic (exact) mass is 747 g/mol. The molecule has 0 aliphatic heterocycles. The van der Waals surface area contributed by atoms with Gasteiger partial charge in [-0.05, 0) is 95.5 Å². The Bertz CT molecular complexity index is 2460. The molecule has 0 fully saturated rings. The van der Waals surface area contributed by atoms with E-state index in [0.717, 1.165) is 50.7 Å². The summed E-state index contributed by atoms with van der Waals surface area (Å²) in [5.74, 6) is 0.720. The van der Waals surface area contributed by atoms with E-state index in [1.165, 1.54) is 32.9 Å². The summed E-state index contributed by atoms with van der Waals surface area (Å²) in [4.78, 5) is 10.0. The van der Waals surface area contributed by atoms with Crippen LogP contribution < -0.4 is 0 Å². The van der Waals surface area contributed by atoms with Crippen molar-refractivity contribution in [3.8, 4) is 50.7 Å². The van der Waals surface area contributed by atoms with E-state index >= 15 is 0 Å². The van der Waals surface area contributed by atoms with E-state index in [0.29, 0.717) is 0 Å². The van der Waals surface area contributed by atoms with Gasteiger partial charge in [0.15, 0.2) is 5.82 Å². The van der Waals surface area contributed by atoms with Crippen LogP contribution in [0.3, 0.4) is 0 Å². The summed E-state index contributed by atoms with van der Waals surface area (Å²) in [6.45, 7) is 21.7. The van der Waals surface area contributed by atoms with E-state index in [4.69, 9.17) is 9.97 Å². The van der Waals surface area contributed by atoms with Gasteiger partial charge in [0.05, 0.1) is 22.4 Å². The van der Waals surface area contributed by atoms with Crippen molar-refractivity contribution in [2.75, 3.05) is 0 Å². The number of aromatic nitrogens is 3. The Morgan fingerprint density at radius 2 is 0.877 bits per heavy atom. The molecule has 0 saturated heterocycles. The summed E-state index contributed by atoms with van der Waals surface area (Å²) >= 11 is 0. The maximum Gasteiger partial charge on any atom is 0.160 e. The summed E-state index contributed by atoms with van der Waals surface area (Å²) in [5.41, 5.74) is 13.7. The van der Waals surface area contributed by atoms with E-state index in [1.54, 1.807) is 0 Å². The van der Waals surface area contributed by atoms with Crippen LogP contribution in [0, 0.1) is 0 Å². The number of allylic oxidation sites excluding steroid dienone is 2. The van der Waals surface area contributed by atoms with E-state index < -0.39 is 0 Å². The van der Waals surface area contributed by atoms with Crippen LogP contribution in [0.25, 0.3) is 72.5 Å². The first kappa shape index (κ1) is 40.6. The van der Waals surface area contributed by atoms with Crippen molar-refractivity contribution in [3.63, 3.8) is 0 Å². The molecule has 3 heteroatoms. The maximum atomic E-state index is 5.07. The quantitative estimate of drug-likeness (QED) is 0.164. The molecule has 0 radical (unpaired) electrons. The van der Waals surface area contributed by atoms with Crippen molar-refractivity contribution < 1.29 is 0 Å². The SMILES string of the molecule is C/C=C\C.CC.CC(C)(C)c1ccc2c(c1)c1cc(C(C)(C)C)ccc1n2-c1ccc(-c2cccc(-c3cc(-c4ccccc4)nc(-c4ccccc4)n3)c2)cc1. The highest BCUT2D eigenvalue weighted by molar-refractivity contribution is 6.10. The van der Waals surface area contributed by atoms with E-state index in [2.05, 4.69) is 174 Å². The van der Waals surface area contributed by atoms with Crippen LogP contribution in [-0.4, -0.2) is 14.5 Å². The van der Waals surface area contributed by atoms with Gasteiger partial charge in [-0.1, -0.05) is 171 Å². The van der Waals surface area contributed by atoms with Gasteiger partial charge in [-0.25, -0.2) is 9.97 Å². The summed E-state index contributed by atoms with van der Waals surface area (Å²) < 4.78 is 2.42. The van der Waals surface area contributed by atoms with Gasteiger partial charge in [-0.3, -0.25) is 0 Å². The fourth-order valence-electron chi connectivity index (χ4n) is 6.96. The highest BCUT2D eigenvalue weighted by atomic mass is 15.0. The predicted octanol–water partition coefficient (Wildman–Crippen LogP) is 15.4. The number of hydrogen-bond acceptors (Lipinski definition) is 2. The van der Waals surface area contributed by atoms with Crippen molar-refractivity contribution in [1.82, 2.24) is 14.5 Å². The second-order valence-electron chi connectivity index (χ2n) is 16.3. The molecule has 288 valence electrons. The highest BCUT2D eigenvalue weighted by Crippen LogP contribution is 2.38. The standard InChI is InChI=1S/C48H43N3.C4H8.C2H6/c1-47(2,3)37-22-26-44-40(29-37)41-30-38(48(4,5)6)23-27-45(41)51(44)39-24-20-32(21-25-39)35-18-13-19-36(28-35)43-31-42(33-14-9-7-10-15-33)49-46(50-43)34-16-11-8-12-17-34;1-3-4-2;1-2/h7-31H,1-6H3;3-4H,1-2H3;1-2H3/b;4-3-;. The molecule has 0 unspecified atom stereocenters. The lowest BCUT2D eigenvalue weighted by Crippen LogP contribution is -2.10. The third-order valence-electron chi connectivity index (χ3n) is 10.3. The van der Waals surface area contributed by atoms with Crippen LogP contribution in [0.2, 0.25) is 0 Å². The largest absolute Gasteiger partial charge is 0.309 e. The van der Waals surface area contributed by atoms with E-state index in [9.17, 15) is 0 Å². The first-order valence-electron chi connectivity index (χ1n) is 20.3. The minimum absolute atomic E-state index is 0.0679. The Morgan fingerprint density at radius 1 is 0.421 bits per heavy atom. The van der Waals surface area contributed by atoms with Crippen LogP contribution in [0.4, 0.5) is 0 Å². The zero-order valence-electron chi connectivity index (χ0n) is 35.4. The number of rotatable bonds is 5. The number of fused-ring (bicyclic) bond motifs is 3. The Morgan fingerprint density at radius 3 is 1.37 bits per heavy atom. The highest BCUT2D eigenvalue weighted by Gasteiger charge is 2.21. The summed E-state index contributed by atoms with van der Waals surface area (Å²) in [6.07, 6.45) is 4.00. The lowest BCUT2D eigenvalue weighted by molar-refractivity contribution is 0.590. The van der Waals surface area contributed by atoms with Crippen LogP contribution in [0.5, 0.6) is 0 Å². The molecule has 8 rings (SSSR count). The molecule has 3 nitrogen and oxygen atoms in total. The summed E-state index contributed by atoms with van der Waals surface area (Å²) in [7, 11) is 0. The van der Waals surface area contributed by atoms with Crippen LogP contribution in [-0.2, 0) is 10.8 Å². The van der Waals surface area contributed by atoms with Gasteiger partial charge in [0, 0.05) is 33.2 Å². The molecule has 0 bridgehead atoms. The zero-order chi connectivity index (χ0) is 40.7. The fraction of sp³-hybridized carbons (Fsp3) is 0.222. The zero-order valence-corrected chi connectivity index (χ0v) is 35.4. The first-order valence-corrected chi connectivity index (χ1v) is 20.3. The molecule has 6 aromatic carbocycles. The topological polar surface area (TPSA) is 30.7 Å². The third-order valence-corrected chi connectivity index (χ3v) is 10.3. The normalized spacial score (nSPS) is 11.6. The minimum atomic E-state index is 0.0679. The van der Waals surface area contributed by atoms with Crippen molar-refractivity contribution in [1.29, 1.82) is 0 Å². The average Bonchev–Trinajstić information content (AvgIpc) is 3.57. The van der Waals surface area contributed by atoms with Gasteiger partial charge >= 0.3 is 0 Å². The molecule has 0 amide bonds. The van der Waals surface area contributed by atoms with Gasteiger partial charge < -0.3 is 4.57 Å². The first-order chi connectivity index (χ1) is 27.4. The second-order valence-corrected chi connectivity index (χ2v) is 16.3. The van der Waals surface area contributed by atoms with Gasteiger partial charge in [-0.2, -0.15) is 0 Å². The number of nitrogens with zero attached hydrogens (tertiary/aromatic N) is 3. The van der Waals surface area contributed by atoms with Crippen molar-refractivity contribution in [2.24, 2.45) is 0 Å². The molecule has 2 aromatic heterocycles. The molecule has 57 heavy (non-hydrogen) atoms. The summed E-state index contributed by atoms with van der Waals surface area (Å²) in [5, 5.41) is 2.60. The molecule has 2 heterocycles. The Labute approximate surface area is 340 Å². The van der Waals surface area contributed by atoms with Crippen molar-refractivity contribution in [2.45, 2.75) is 80.1 Å². The molecule has 0 atom stereocenters. The van der Waals surface area contributed by atoms with E-state index in [1.807, 2.05) is 64.1 Å². The van der Waals surface area contributed by atoms with Crippen LogP contribution in [0.15, 0.2) is 164 Å². The third kappa shape index (κ3) is 9.00. The molecule has 0 aliphatic carbocycles. The van der Waals surface area contributed by atoms with Gasteiger partial charge in [0.25, 0.3) is 0 Å². The average molecular weight is 748 g/mol. The Kier molecular flexibility index (Phi) is 12.4. The lowest BCUT2D eigenvalue weighted by Gasteiger charge is -2.19. The minimum Gasteiger partial charge on any atom is -0.309 e. The number of hydrogen-bond donors (Lipinski definition) is 0. The molecule has 0 spiro atoms. The Balaban J connectivity index is 0.000000863. The predicted molar refractivity (Wildman–Crippen MR) is 247 cm³/mol. The molecular formula is C54H57N3. The molecule has 8 aromatic rings. The van der Waals surface area contributed by atoms with Gasteiger partial charge in [0.1, 0.15) is 0 Å². The Hall–Kier alpha value is -6.06. The van der Waals surface area contributed by atoms with Crippen molar-refractivity contribution in [3.05, 3.63) is 175 Å². The molecule has 0 saturated carbocycles. The van der Waals surface area contributed by atoms with Crippen LogP contribution >= 0.6 is 0 Å². The summed E-state index contributed by atoms with van der Waals surface area (Å²) in [6, 6.07) is 54.3. The van der Waals surface area contributed by atoms with Crippen LogP contribution in [0.1, 0.15) is 80.4 Å². The molecule has 0 aliphatic rings. The molecular weight excluding hydrogens is 691 g/mol. The van der Waals surface area contributed by atoms with Gasteiger partial charge in [0.2, 0.25) is 0 Å². The lowest BCUT2D eigenvalue weighted by atomic mass is 9.85. The van der Waals surface area contributed by atoms with E-state index in [-0.39, 0.29) is 10.8 Å². The van der Waals surface area contributed by atoms with Gasteiger partial charge in [-0.15, -0.1) is 0 Å². The van der Waals surface area contributed by atoms with Crippen molar-refractivity contribution >= 4 is 21.8 Å². The fourth-order valence-corrected chi connectivity index (χ4v) is 6.96. The maximum absolute atomic E-state index is 5.07. The number of benzene rings is 6.